The predicted octanol–water partition coefficient (Wildman–Crippen LogP) is 4.70. The van der Waals surface area contributed by atoms with E-state index in [0.29, 0.717) is 15.2 Å². The Labute approximate surface area is 121 Å². The molecule has 1 aromatic heterocycles. The van der Waals surface area contributed by atoms with E-state index in [2.05, 4.69) is 10.3 Å². The Morgan fingerprint density at radius 2 is 1.89 bits per heavy atom. The van der Waals surface area contributed by atoms with Crippen molar-refractivity contribution < 1.29 is 0 Å². The summed E-state index contributed by atoms with van der Waals surface area (Å²) in [6.45, 7) is 0.731. The number of pyridine rings is 1. The first-order valence-electron chi connectivity index (χ1n) is 5.45. The van der Waals surface area contributed by atoms with E-state index in [-0.39, 0.29) is 0 Å². The molecule has 2 nitrogen and oxygen atoms in total. The number of rotatable bonds is 4. The summed E-state index contributed by atoms with van der Waals surface area (Å²) in [6.07, 6.45) is 0.796. The lowest BCUT2D eigenvalue weighted by Crippen LogP contribution is -2.06. The first kappa shape index (κ1) is 13.5. The van der Waals surface area contributed by atoms with Crippen molar-refractivity contribution in [2.24, 2.45) is 0 Å². The molecule has 0 spiro atoms. The van der Waals surface area contributed by atoms with Gasteiger partial charge in [-0.05, 0) is 36.2 Å². The van der Waals surface area contributed by atoms with Crippen molar-refractivity contribution >= 4 is 40.6 Å². The van der Waals surface area contributed by atoms with E-state index in [1.54, 1.807) is 12.1 Å². The molecule has 1 N–H and O–H groups in total. The number of hydrogen-bond donors (Lipinski definition) is 1. The molecule has 2 aromatic rings. The van der Waals surface area contributed by atoms with E-state index in [1.807, 2.05) is 24.3 Å². The highest BCUT2D eigenvalue weighted by Gasteiger charge is 2.01. The van der Waals surface area contributed by atoms with Crippen molar-refractivity contribution in [3.63, 3.8) is 0 Å². The van der Waals surface area contributed by atoms with E-state index in [9.17, 15) is 0 Å². The van der Waals surface area contributed by atoms with Gasteiger partial charge in [-0.25, -0.2) is 4.98 Å². The zero-order chi connectivity index (χ0) is 13.0. The minimum atomic E-state index is 0.476. The zero-order valence-electron chi connectivity index (χ0n) is 9.46. The van der Waals surface area contributed by atoms with Crippen LogP contribution < -0.4 is 5.32 Å². The van der Waals surface area contributed by atoms with Crippen LogP contribution in [0.3, 0.4) is 0 Å². The monoisotopic (exact) mass is 300 g/mol. The van der Waals surface area contributed by atoms with Gasteiger partial charge in [0.2, 0.25) is 0 Å². The Hall–Kier alpha value is -0.960. The topological polar surface area (TPSA) is 24.9 Å². The van der Waals surface area contributed by atoms with Gasteiger partial charge in [-0.1, -0.05) is 46.9 Å². The third-order valence-electron chi connectivity index (χ3n) is 2.43. The number of anilines is 1. The van der Waals surface area contributed by atoms with E-state index in [0.717, 1.165) is 24.3 Å². The third kappa shape index (κ3) is 3.77. The van der Waals surface area contributed by atoms with Crippen LogP contribution in [0.15, 0.2) is 36.4 Å². The molecule has 0 aliphatic heterocycles. The van der Waals surface area contributed by atoms with Gasteiger partial charge >= 0.3 is 0 Å². The van der Waals surface area contributed by atoms with E-state index in [1.165, 1.54) is 0 Å². The van der Waals surface area contributed by atoms with Gasteiger partial charge in [0, 0.05) is 16.6 Å². The van der Waals surface area contributed by atoms with Gasteiger partial charge in [-0.2, -0.15) is 0 Å². The van der Waals surface area contributed by atoms with Gasteiger partial charge in [0.15, 0.2) is 0 Å². The first-order chi connectivity index (χ1) is 8.65. The molecule has 0 radical (unpaired) electrons. The summed E-state index contributed by atoms with van der Waals surface area (Å²) >= 11 is 17.7. The highest BCUT2D eigenvalue weighted by molar-refractivity contribution is 6.35. The molecule has 0 amide bonds. The number of benzene rings is 1. The Bertz CT molecular complexity index is 544. The quantitative estimate of drug-likeness (QED) is 0.828. The summed E-state index contributed by atoms with van der Waals surface area (Å²) < 4.78 is 0. The van der Waals surface area contributed by atoms with Gasteiger partial charge in [0.25, 0.3) is 0 Å². The van der Waals surface area contributed by atoms with E-state index in [4.69, 9.17) is 34.8 Å². The van der Waals surface area contributed by atoms with Crippen molar-refractivity contribution in [3.8, 4) is 0 Å². The highest BCUT2D eigenvalue weighted by Crippen LogP contribution is 2.21. The molecule has 0 aliphatic rings. The molecule has 0 atom stereocenters. The lowest BCUT2D eigenvalue weighted by atomic mass is 10.1. The SMILES string of the molecule is Clc1ccc(CCNc2cccc(Cl)n2)c(Cl)c1. The molecule has 0 aliphatic carbocycles. The fourth-order valence-electron chi connectivity index (χ4n) is 1.56. The maximum absolute atomic E-state index is 6.09. The molecule has 0 fully saturated rings. The molecular weight excluding hydrogens is 291 g/mol. The van der Waals surface area contributed by atoms with Crippen LogP contribution in [0.2, 0.25) is 15.2 Å². The molecule has 2 rings (SSSR count). The largest absolute Gasteiger partial charge is 0.370 e. The van der Waals surface area contributed by atoms with Crippen LogP contribution in [0.5, 0.6) is 0 Å². The summed E-state index contributed by atoms with van der Waals surface area (Å²) in [5.74, 6) is 0.757. The lowest BCUT2D eigenvalue weighted by Gasteiger charge is -2.07. The molecule has 0 unspecified atom stereocenters. The van der Waals surface area contributed by atoms with Gasteiger partial charge in [0.1, 0.15) is 11.0 Å². The van der Waals surface area contributed by atoms with Crippen LogP contribution in [-0.2, 0) is 6.42 Å². The maximum atomic E-state index is 6.09. The summed E-state index contributed by atoms with van der Waals surface area (Å²) in [4.78, 5) is 4.14. The molecule has 5 heteroatoms. The maximum Gasteiger partial charge on any atom is 0.131 e. The number of halogens is 3. The number of nitrogens with zero attached hydrogens (tertiary/aromatic N) is 1. The van der Waals surface area contributed by atoms with Gasteiger partial charge in [0.05, 0.1) is 0 Å². The average Bonchev–Trinajstić information content (AvgIpc) is 2.32. The summed E-state index contributed by atoms with van der Waals surface area (Å²) in [6, 6.07) is 11.0. The smallest absolute Gasteiger partial charge is 0.131 e. The van der Waals surface area contributed by atoms with Gasteiger partial charge in [-0.15, -0.1) is 0 Å². The summed E-state index contributed by atoms with van der Waals surface area (Å²) in [5, 5.41) is 5.00. The number of hydrogen-bond acceptors (Lipinski definition) is 2. The van der Waals surface area contributed by atoms with Crippen molar-refractivity contribution in [1.29, 1.82) is 0 Å². The second-order valence-electron chi connectivity index (χ2n) is 3.76. The molecule has 94 valence electrons. The van der Waals surface area contributed by atoms with Crippen LogP contribution in [0, 0.1) is 0 Å². The number of aromatic nitrogens is 1. The van der Waals surface area contributed by atoms with E-state index >= 15 is 0 Å². The van der Waals surface area contributed by atoms with Crippen LogP contribution in [-0.4, -0.2) is 11.5 Å². The third-order valence-corrected chi connectivity index (χ3v) is 3.23. The molecule has 0 bridgehead atoms. The predicted molar refractivity (Wildman–Crippen MR) is 77.9 cm³/mol. The molecule has 0 saturated carbocycles. The average molecular weight is 302 g/mol. The second-order valence-corrected chi connectivity index (χ2v) is 4.99. The van der Waals surface area contributed by atoms with Crippen molar-refractivity contribution in [1.82, 2.24) is 4.98 Å². The normalized spacial score (nSPS) is 10.4. The fraction of sp³-hybridized carbons (Fsp3) is 0.154. The first-order valence-corrected chi connectivity index (χ1v) is 6.59. The molecule has 0 saturated heterocycles. The fourth-order valence-corrected chi connectivity index (χ4v) is 2.22. The Balaban J connectivity index is 1.92. The second kappa shape index (κ2) is 6.28. The number of nitrogens with one attached hydrogen (secondary N) is 1. The summed E-state index contributed by atoms with van der Waals surface area (Å²) in [5.41, 5.74) is 1.05. The van der Waals surface area contributed by atoms with Crippen molar-refractivity contribution in [2.45, 2.75) is 6.42 Å². The Morgan fingerprint density at radius 1 is 1.06 bits per heavy atom. The van der Waals surface area contributed by atoms with Crippen LogP contribution in [0.1, 0.15) is 5.56 Å². The summed E-state index contributed by atoms with van der Waals surface area (Å²) in [7, 11) is 0. The van der Waals surface area contributed by atoms with Crippen molar-refractivity contribution in [3.05, 3.63) is 57.2 Å². The van der Waals surface area contributed by atoms with Gasteiger partial charge < -0.3 is 5.32 Å². The Morgan fingerprint density at radius 3 is 2.61 bits per heavy atom. The zero-order valence-corrected chi connectivity index (χ0v) is 11.7. The molecule has 18 heavy (non-hydrogen) atoms. The van der Waals surface area contributed by atoms with Crippen LogP contribution in [0.4, 0.5) is 5.82 Å². The minimum Gasteiger partial charge on any atom is -0.370 e. The van der Waals surface area contributed by atoms with E-state index < -0.39 is 0 Å². The molecule has 1 aromatic carbocycles. The van der Waals surface area contributed by atoms with Crippen LogP contribution >= 0.6 is 34.8 Å². The van der Waals surface area contributed by atoms with Gasteiger partial charge in [-0.3, -0.25) is 0 Å². The molecular formula is C13H11Cl3N2. The highest BCUT2D eigenvalue weighted by atomic mass is 35.5. The Kier molecular flexibility index (Phi) is 4.70. The van der Waals surface area contributed by atoms with Crippen LogP contribution in [0.25, 0.3) is 0 Å². The molecule has 1 heterocycles. The van der Waals surface area contributed by atoms with Crippen molar-refractivity contribution in [2.75, 3.05) is 11.9 Å². The standard InChI is InChI=1S/C13H11Cl3N2/c14-10-5-4-9(11(15)8-10)6-7-17-13-3-1-2-12(16)18-13/h1-5,8H,6-7H2,(H,17,18). The lowest BCUT2D eigenvalue weighted by molar-refractivity contribution is 1.01. The minimum absolute atomic E-state index is 0.476.